The zero-order valence-corrected chi connectivity index (χ0v) is 12.9. The maximum Gasteiger partial charge on any atom is 0.252 e. The Balaban J connectivity index is 2.41. The van der Waals surface area contributed by atoms with Gasteiger partial charge in [0, 0.05) is 11.2 Å². The third kappa shape index (κ3) is 3.76. The molecule has 0 aliphatic rings. The zero-order chi connectivity index (χ0) is 15.6. The van der Waals surface area contributed by atoms with Gasteiger partial charge < -0.3 is 5.11 Å². The molecule has 0 amide bonds. The first kappa shape index (κ1) is 16.3. The number of aliphatic hydroxyl groups excluding tert-OH is 1. The maximum absolute atomic E-state index is 12.6. The highest BCUT2D eigenvalue weighted by molar-refractivity contribution is 7.91. The molecule has 0 spiro atoms. The number of fused-ring (bicyclic) bond motifs is 1. The molecule has 1 aromatic heterocycles. The molecule has 0 fully saturated rings. The molecule has 1 aromatic carbocycles. The fourth-order valence-electron chi connectivity index (χ4n) is 1.93. The van der Waals surface area contributed by atoms with Gasteiger partial charge in [-0.2, -0.15) is 4.31 Å². The van der Waals surface area contributed by atoms with Gasteiger partial charge in [0.1, 0.15) is 4.21 Å². The molecule has 8 heteroatoms. The van der Waals surface area contributed by atoms with Crippen LogP contribution < -0.4 is 0 Å². The lowest BCUT2D eigenvalue weighted by Crippen LogP contribution is -2.39. The average molecular weight is 335 g/mol. The molecule has 4 nitrogen and oxygen atoms in total. The Kier molecular flexibility index (Phi) is 4.92. The van der Waals surface area contributed by atoms with Gasteiger partial charge in [-0.05, 0) is 24.4 Å². The Morgan fingerprint density at radius 2 is 1.95 bits per heavy atom. The number of hydrogen-bond acceptors (Lipinski definition) is 4. The van der Waals surface area contributed by atoms with Crippen LogP contribution in [0.3, 0.4) is 0 Å². The largest absolute Gasteiger partial charge is 0.392 e. The van der Waals surface area contributed by atoms with E-state index in [1.54, 1.807) is 24.3 Å². The molecule has 1 unspecified atom stereocenters. The van der Waals surface area contributed by atoms with Gasteiger partial charge in [-0.3, -0.25) is 0 Å². The molecular weight excluding hydrogens is 320 g/mol. The van der Waals surface area contributed by atoms with Crippen LogP contribution in [-0.4, -0.2) is 43.4 Å². The van der Waals surface area contributed by atoms with Crippen LogP contribution in [0.5, 0.6) is 0 Å². The highest BCUT2D eigenvalue weighted by Crippen LogP contribution is 2.31. The Morgan fingerprint density at radius 3 is 2.52 bits per heavy atom. The van der Waals surface area contributed by atoms with Gasteiger partial charge in [0.15, 0.2) is 0 Å². The fourth-order valence-corrected chi connectivity index (χ4v) is 4.98. The molecule has 1 atom stereocenters. The van der Waals surface area contributed by atoms with Crippen molar-refractivity contribution >= 4 is 31.4 Å². The standard InChI is InChI=1S/C13H15F2NO3S2/c1-9(17)7-16(8-12(14)15)21(18,19)13-6-10-4-2-3-5-11(10)20-13/h2-6,9,12,17H,7-8H2,1H3. The van der Waals surface area contributed by atoms with Crippen LogP contribution in [0.2, 0.25) is 0 Å². The van der Waals surface area contributed by atoms with Crippen molar-refractivity contribution in [3.63, 3.8) is 0 Å². The van der Waals surface area contributed by atoms with Crippen molar-refractivity contribution in [3.8, 4) is 0 Å². The monoisotopic (exact) mass is 335 g/mol. The molecule has 116 valence electrons. The number of rotatable bonds is 6. The van der Waals surface area contributed by atoms with Crippen LogP contribution in [0.1, 0.15) is 6.92 Å². The van der Waals surface area contributed by atoms with E-state index in [0.29, 0.717) is 4.31 Å². The molecule has 0 aliphatic heterocycles. The zero-order valence-electron chi connectivity index (χ0n) is 11.2. The summed E-state index contributed by atoms with van der Waals surface area (Å²) in [6.07, 6.45) is -3.82. The Labute approximate surface area is 125 Å². The summed E-state index contributed by atoms with van der Waals surface area (Å²) in [5.74, 6) is 0. The van der Waals surface area contributed by atoms with Gasteiger partial charge in [-0.1, -0.05) is 18.2 Å². The third-order valence-corrected chi connectivity index (χ3v) is 6.20. The molecule has 0 aliphatic carbocycles. The molecule has 0 saturated carbocycles. The molecular formula is C13H15F2NO3S2. The van der Waals surface area contributed by atoms with Crippen molar-refractivity contribution in [2.45, 2.75) is 23.7 Å². The number of nitrogens with zero attached hydrogens (tertiary/aromatic N) is 1. The minimum atomic E-state index is -4.04. The van der Waals surface area contributed by atoms with Crippen molar-refractivity contribution in [1.29, 1.82) is 0 Å². The molecule has 0 bridgehead atoms. The number of alkyl halides is 2. The van der Waals surface area contributed by atoms with E-state index in [-0.39, 0.29) is 10.8 Å². The highest BCUT2D eigenvalue weighted by Gasteiger charge is 2.29. The summed E-state index contributed by atoms with van der Waals surface area (Å²) >= 11 is 1.03. The van der Waals surface area contributed by atoms with Crippen molar-refractivity contribution in [2.75, 3.05) is 13.1 Å². The molecule has 2 rings (SSSR count). The first-order valence-corrected chi connectivity index (χ1v) is 8.51. The fraction of sp³-hybridized carbons (Fsp3) is 0.385. The van der Waals surface area contributed by atoms with Gasteiger partial charge >= 0.3 is 0 Å². The number of aliphatic hydroxyl groups is 1. The van der Waals surface area contributed by atoms with Crippen LogP contribution >= 0.6 is 11.3 Å². The van der Waals surface area contributed by atoms with Crippen molar-refractivity contribution in [3.05, 3.63) is 30.3 Å². The summed E-state index contributed by atoms with van der Waals surface area (Å²) in [6.45, 7) is 0.0707. The van der Waals surface area contributed by atoms with E-state index in [0.717, 1.165) is 21.4 Å². The van der Waals surface area contributed by atoms with Gasteiger partial charge in [0.05, 0.1) is 12.6 Å². The molecule has 1 heterocycles. The van der Waals surface area contributed by atoms with Gasteiger partial charge in [0.25, 0.3) is 16.4 Å². The van der Waals surface area contributed by atoms with E-state index in [9.17, 15) is 22.3 Å². The SMILES string of the molecule is CC(O)CN(CC(F)F)S(=O)(=O)c1cc2ccccc2s1. The predicted octanol–water partition coefficient (Wildman–Crippen LogP) is 2.54. The number of hydrogen-bond donors (Lipinski definition) is 1. The van der Waals surface area contributed by atoms with Gasteiger partial charge in [-0.25, -0.2) is 17.2 Å². The average Bonchev–Trinajstić information content (AvgIpc) is 2.81. The van der Waals surface area contributed by atoms with E-state index >= 15 is 0 Å². The molecule has 0 radical (unpaired) electrons. The lowest BCUT2D eigenvalue weighted by Gasteiger charge is -2.22. The Hall–Kier alpha value is -1.09. The first-order valence-electron chi connectivity index (χ1n) is 6.25. The van der Waals surface area contributed by atoms with E-state index in [1.165, 1.54) is 13.0 Å². The summed E-state index contributed by atoms with van der Waals surface area (Å²) < 4.78 is 51.5. The maximum atomic E-state index is 12.6. The van der Waals surface area contributed by atoms with Gasteiger partial charge in [-0.15, -0.1) is 11.3 Å². The van der Waals surface area contributed by atoms with Crippen LogP contribution in [-0.2, 0) is 10.0 Å². The van der Waals surface area contributed by atoms with E-state index in [4.69, 9.17) is 0 Å². The first-order chi connectivity index (χ1) is 9.80. The molecule has 21 heavy (non-hydrogen) atoms. The third-order valence-electron chi connectivity index (χ3n) is 2.81. The van der Waals surface area contributed by atoms with Crippen LogP contribution in [0.15, 0.2) is 34.5 Å². The van der Waals surface area contributed by atoms with E-state index in [1.807, 2.05) is 0 Å². The van der Waals surface area contributed by atoms with Crippen molar-refractivity contribution in [1.82, 2.24) is 4.31 Å². The molecule has 1 N–H and O–H groups in total. The summed E-state index contributed by atoms with van der Waals surface area (Å²) in [6, 6.07) is 8.55. The second-order valence-electron chi connectivity index (χ2n) is 4.67. The lowest BCUT2D eigenvalue weighted by molar-refractivity contribution is 0.0972. The van der Waals surface area contributed by atoms with Crippen LogP contribution in [0, 0.1) is 0 Å². The quantitative estimate of drug-likeness (QED) is 0.882. The Morgan fingerprint density at radius 1 is 1.29 bits per heavy atom. The highest BCUT2D eigenvalue weighted by atomic mass is 32.2. The van der Waals surface area contributed by atoms with Crippen LogP contribution in [0.4, 0.5) is 8.78 Å². The van der Waals surface area contributed by atoms with Crippen LogP contribution in [0.25, 0.3) is 10.1 Å². The van der Waals surface area contributed by atoms with E-state index in [2.05, 4.69) is 0 Å². The predicted molar refractivity (Wildman–Crippen MR) is 78.3 cm³/mol. The number of sulfonamides is 1. The summed E-state index contributed by atoms with van der Waals surface area (Å²) in [5.41, 5.74) is 0. The summed E-state index contributed by atoms with van der Waals surface area (Å²) in [7, 11) is -4.04. The number of benzene rings is 1. The topological polar surface area (TPSA) is 57.6 Å². The second kappa shape index (κ2) is 6.35. The lowest BCUT2D eigenvalue weighted by atomic mass is 10.3. The Bertz CT molecular complexity index is 670. The van der Waals surface area contributed by atoms with Crippen molar-refractivity contribution in [2.24, 2.45) is 0 Å². The van der Waals surface area contributed by atoms with Crippen molar-refractivity contribution < 1.29 is 22.3 Å². The molecule has 0 saturated heterocycles. The minimum absolute atomic E-state index is 0.00463. The van der Waals surface area contributed by atoms with Gasteiger partial charge in [0.2, 0.25) is 0 Å². The van der Waals surface area contributed by atoms with E-state index < -0.39 is 29.1 Å². The summed E-state index contributed by atoms with van der Waals surface area (Å²) in [5, 5.41) is 10.1. The smallest absolute Gasteiger partial charge is 0.252 e. The molecule has 2 aromatic rings. The normalized spacial score (nSPS) is 14.2. The number of halogens is 2. The number of thiophene rings is 1. The summed E-state index contributed by atoms with van der Waals surface area (Å²) in [4.78, 5) is 0. The minimum Gasteiger partial charge on any atom is -0.392 e. The second-order valence-corrected chi connectivity index (χ2v) is 7.91.